The van der Waals surface area contributed by atoms with Crippen LogP contribution in [0.25, 0.3) is 0 Å². The number of rotatable bonds is 6. The number of nitrogens with zero attached hydrogens (tertiary/aromatic N) is 1. The van der Waals surface area contributed by atoms with Gasteiger partial charge in [-0.2, -0.15) is 0 Å². The summed E-state index contributed by atoms with van der Waals surface area (Å²) in [6.07, 6.45) is 2.70. The van der Waals surface area contributed by atoms with Crippen molar-refractivity contribution < 1.29 is 4.74 Å². The maximum absolute atomic E-state index is 5.14. The topological polar surface area (TPSA) is 34.1 Å². The summed E-state index contributed by atoms with van der Waals surface area (Å²) in [5, 5.41) is 3.44. The van der Waals surface area contributed by atoms with Crippen LogP contribution in [0.1, 0.15) is 11.3 Å². The zero-order valence-electron chi connectivity index (χ0n) is 11.2. The molecule has 0 atom stereocenters. The van der Waals surface area contributed by atoms with Gasteiger partial charge in [-0.1, -0.05) is 18.2 Å². The summed E-state index contributed by atoms with van der Waals surface area (Å²) in [5.41, 5.74) is 3.36. The number of benzene rings is 1. The fourth-order valence-corrected chi connectivity index (χ4v) is 3.00. The van der Waals surface area contributed by atoms with Gasteiger partial charge in [0.05, 0.1) is 18.8 Å². The lowest BCUT2D eigenvalue weighted by atomic mass is 10.1. The minimum Gasteiger partial charge on any atom is -0.384 e. The average molecular weight is 400 g/mol. The van der Waals surface area contributed by atoms with Gasteiger partial charge in [0.25, 0.3) is 0 Å². The van der Waals surface area contributed by atoms with Crippen LogP contribution < -0.4 is 5.32 Å². The van der Waals surface area contributed by atoms with Gasteiger partial charge in [0.1, 0.15) is 0 Å². The summed E-state index contributed by atoms with van der Waals surface area (Å²) in [6, 6.07) is 10.3. The number of hydrogen-bond donors (Lipinski definition) is 1. The number of nitrogens with one attached hydrogen (secondary N) is 1. The normalized spacial score (nSPS) is 10.6. The van der Waals surface area contributed by atoms with E-state index in [9.17, 15) is 0 Å². The molecule has 106 valence electrons. The van der Waals surface area contributed by atoms with Crippen molar-refractivity contribution in [3.05, 3.63) is 56.7 Å². The van der Waals surface area contributed by atoms with Gasteiger partial charge in [-0.15, -0.1) is 0 Å². The molecule has 0 aliphatic carbocycles. The first-order valence-electron chi connectivity index (χ1n) is 6.31. The molecular weight excluding hydrogens is 384 g/mol. The van der Waals surface area contributed by atoms with Gasteiger partial charge in [-0.3, -0.25) is 4.98 Å². The molecular formula is C15H16Br2N2O. The Kier molecular flexibility index (Phi) is 6.01. The monoisotopic (exact) mass is 398 g/mol. The predicted molar refractivity (Wildman–Crippen MR) is 89.0 cm³/mol. The highest BCUT2D eigenvalue weighted by atomic mass is 79.9. The summed E-state index contributed by atoms with van der Waals surface area (Å²) in [7, 11) is 1.72. The second-order valence-electron chi connectivity index (χ2n) is 4.34. The molecule has 0 saturated heterocycles. The summed E-state index contributed by atoms with van der Waals surface area (Å²) in [5.74, 6) is 0. The molecule has 0 unspecified atom stereocenters. The molecule has 2 rings (SSSR count). The predicted octanol–water partition coefficient (Wildman–Crippen LogP) is 4.41. The molecule has 0 amide bonds. The van der Waals surface area contributed by atoms with E-state index >= 15 is 0 Å². The van der Waals surface area contributed by atoms with Crippen LogP contribution in [0.4, 0.5) is 5.69 Å². The smallest absolute Gasteiger partial charge is 0.0737 e. The molecule has 5 heteroatoms. The maximum atomic E-state index is 5.14. The maximum Gasteiger partial charge on any atom is 0.0737 e. The number of hydrogen-bond acceptors (Lipinski definition) is 3. The number of ether oxygens (including phenoxy) is 1. The second-order valence-corrected chi connectivity index (χ2v) is 6.11. The molecule has 20 heavy (non-hydrogen) atoms. The molecule has 0 aliphatic heterocycles. The highest BCUT2D eigenvalue weighted by Gasteiger charge is 2.05. The SMILES string of the molecule is COCCc1ccccc1NCc1ncc(Br)cc1Br. The standard InChI is InChI=1S/C15H16Br2N2O/c1-20-7-6-11-4-2-3-5-14(11)19-10-15-13(17)8-12(16)9-18-15/h2-5,8-9,19H,6-7,10H2,1H3. The number of para-hydroxylation sites is 1. The number of aromatic nitrogens is 1. The summed E-state index contributed by atoms with van der Waals surface area (Å²) < 4.78 is 7.10. The fourth-order valence-electron chi connectivity index (χ4n) is 1.87. The molecule has 0 saturated carbocycles. The van der Waals surface area contributed by atoms with Gasteiger partial charge in [-0.25, -0.2) is 0 Å². The quantitative estimate of drug-likeness (QED) is 0.781. The highest BCUT2D eigenvalue weighted by Crippen LogP contribution is 2.22. The van der Waals surface area contributed by atoms with Crippen LogP contribution in [0.2, 0.25) is 0 Å². The average Bonchev–Trinajstić information content (AvgIpc) is 2.45. The first-order valence-corrected chi connectivity index (χ1v) is 7.90. The Morgan fingerprint density at radius 3 is 2.80 bits per heavy atom. The van der Waals surface area contributed by atoms with Gasteiger partial charge in [0, 0.05) is 27.9 Å². The zero-order chi connectivity index (χ0) is 14.4. The first kappa shape index (κ1) is 15.5. The van der Waals surface area contributed by atoms with Crippen molar-refractivity contribution in [1.82, 2.24) is 4.98 Å². The van der Waals surface area contributed by atoms with Crippen molar-refractivity contribution in [2.75, 3.05) is 19.0 Å². The molecule has 0 bridgehead atoms. The molecule has 1 aromatic carbocycles. The Hall–Kier alpha value is -0.910. The van der Waals surface area contributed by atoms with Gasteiger partial charge in [0.2, 0.25) is 0 Å². The zero-order valence-corrected chi connectivity index (χ0v) is 14.4. The number of pyridine rings is 1. The van der Waals surface area contributed by atoms with Gasteiger partial charge in [-0.05, 0) is 56.0 Å². The molecule has 3 nitrogen and oxygen atoms in total. The van der Waals surface area contributed by atoms with Gasteiger partial charge < -0.3 is 10.1 Å². The Labute approximate surface area is 136 Å². The molecule has 0 fully saturated rings. The molecule has 0 spiro atoms. The lowest BCUT2D eigenvalue weighted by molar-refractivity contribution is 0.202. The van der Waals surface area contributed by atoms with E-state index in [1.54, 1.807) is 13.3 Å². The third-order valence-electron chi connectivity index (χ3n) is 2.92. The van der Waals surface area contributed by atoms with Crippen molar-refractivity contribution in [3.63, 3.8) is 0 Å². The van der Waals surface area contributed by atoms with Gasteiger partial charge >= 0.3 is 0 Å². The van der Waals surface area contributed by atoms with E-state index in [1.807, 2.05) is 18.2 Å². The molecule has 1 heterocycles. The summed E-state index contributed by atoms with van der Waals surface area (Å²) in [6.45, 7) is 1.40. The van der Waals surface area contributed by atoms with E-state index in [0.717, 1.165) is 33.4 Å². The van der Waals surface area contributed by atoms with Crippen molar-refractivity contribution in [2.45, 2.75) is 13.0 Å². The molecule has 1 N–H and O–H groups in total. The van der Waals surface area contributed by atoms with Crippen LogP contribution in [0.3, 0.4) is 0 Å². The van der Waals surface area contributed by atoms with Crippen LogP contribution in [0.5, 0.6) is 0 Å². The van der Waals surface area contributed by atoms with Crippen LogP contribution >= 0.6 is 31.9 Å². The van der Waals surface area contributed by atoms with Crippen molar-refractivity contribution in [1.29, 1.82) is 0 Å². The Bertz CT molecular complexity index is 576. The van der Waals surface area contributed by atoms with E-state index < -0.39 is 0 Å². The largest absolute Gasteiger partial charge is 0.384 e. The molecule has 1 aromatic heterocycles. The van der Waals surface area contributed by atoms with Gasteiger partial charge in [0.15, 0.2) is 0 Å². The lowest BCUT2D eigenvalue weighted by Gasteiger charge is -2.12. The van der Waals surface area contributed by atoms with Crippen LogP contribution in [-0.2, 0) is 17.7 Å². The first-order chi connectivity index (χ1) is 9.70. The molecule has 0 radical (unpaired) electrons. The van der Waals surface area contributed by atoms with E-state index in [-0.39, 0.29) is 0 Å². The molecule has 2 aromatic rings. The van der Waals surface area contributed by atoms with E-state index in [1.165, 1.54) is 5.56 Å². The second kappa shape index (κ2) is 7.76. The highest BCUT2D eigenvalue weighted by molar-refractivity contribution is 9.11. The summed E-state index contributed by atoms with van der Waals surface area (Å²) in [4.78, 5) is 4.40. The van der Waals surface area contributed by atoms with E-state index in [0.29, 0.717) is 6.54 Å². The minimum absolute atomic E-state index is 0.678. The van der Waals surface area contributed by atoms with Crippen LogP contribution in [0, 0.1) is 0 Å². The molecule has 0 aliphatic rings. The Balaban J connectivity index is 2.06. The number of methoxy groups -OCH3 is 1. The third kappa shape index (κ3) is 4.30. The lowest BCUT2D eigenvalue weighted by Crippen LogP contribution is -2.06. The number of halogens is 2. The minimum atomic E-state index is 0.678. The van der Waals surface area contributed by atoms with E-state index in [2.05, 4.69) is 54.3 Å². The van der Waals surface area contributed by atoms with Crippen LogP contribution in [0.15, 0.2) is 45.5 Å². The van der Waals surface area contributed by atoms with Crippen molar-refractivity contribution >= 4 is 37.5 Å². The van der Waals surface area contributed by atoms with E-state index in [4.69, 9.17) is 4.74 Å². The number of anilines is 1. The fraction of sp³-hybridized carbons (Fsp3) is 0.267. The Morgan fingerprint density at radius 2 is 2.05 bits per heavy atom. The summed E-state index contributed by atoms with van der Waals surface area (Å²) >= 11 is 6.93. The third-order valence-corrected chi connectivity index (χ3v) is 4.04. The van der Waals surface area contributed by atoms with Crippen LogP contribution in [-0.4, -0.2) is 18.7 Å². The Morgan fingerprint density at radius 1 is 1.25 bits per heavy atom. The van der Waals surface area contributed by atoms with Crippen molar-refractivity contribution in [3.8, 4) is 0 Å². The van der Waals surface area contributed by atoms with Crippen molar-refractivity contribution in [2.24, 2.45) is 0 Å².